The average Bonchev–Trinajstić information content (AvgIpc) is 1.83. The predicted molar refractivity (Wildman–Crippen MR) is 41.1 cm³/mol. The van der Waals surface area contributed by atoms with Crippen molar-refractivity contribution in [3.8, 4) is 0 Å². The van der Waals surface area contributed by atoms with Gasteiger partial charge in [0.15, 0.2) is 0 Å². The first-order chi connectivity index (χ1) is 3.81. The topological polar surface area (TPSA) is 23.9 Å². The molecule has 0 aliphatic rings. The molecule has 0 aliphatic heterocycles. The van der Waals surface area contributed by atoms with E-state index < -0.39 is 0 Å². The Hall–Kier alpha value is 0.0500. The number of hydrogen-bond donors (Lipinski definition) is 1. The molecule has 0 saturated heterocycles. The monoisotopic (exact) mass is 149 g/mol. The van der Waals surface area contributed by atoms with E-state index in [9.17, 15) is 0 Å². The van der Waals surface area contributed by atoms with Crippen molar-refractivity contribution in [2.75, 3.05) is 11.6 Å². The minimum atomic E-state index is 0.485. The second kappa shape index (κ2) is 5.19. The van der Waals surface area contributed by atoms with E-state index in [1.54, 1.807) is 0 Å². The van der Waals surface area contributed by atoms with Crippen LogP contribution in [-0.4, -0.2) is 17.8 Å². The van der Waals surface area contributed by atoms with Gasteiger partial charge in [-0.15, -0.1) is 23.4 Å². The Morgan fingerprint density at radius 2 is 2.50 bits per heavy atom. The van der Waals surface area contributed by atoms with Crippen LogP contribution in [-0.2, 0) is 0 Å². The average molecular weight is 150 g/mol. The van der Waals surface area contributed by atoms with Crippen LogP contribution in [0.1, 0.15) is 0 Å². The quantitative estimate of drug-likeness (QED) is 0.481. The largest absolute Gasteiger partial charge is 0.312 e. The lowest BCUT2D eigenvalue weighted by atomic mass is 10.7. The summed E-state index contributed by atoms with van der Waals surface area (Å²) in [4.78, 5) is 0.926. The summed E-state index contributed by atoms with van der Waals surface area (Å²) < 4.78 is 0. The minimum Gasteiger partial charge on any atom is -0.312 e. The van der Waals surface area contributed by atoms with Crippen molar-refractivity contribution in [3.05, 3.63) is 11.5 Å². The molecule has 3 heteroatoms. The molecular formula is C5H8ClNS. The number of rotatable bonds is 4. The lowest BCUT2D eigenvalue weighted by Gasteiger charge is -1.93. The Morgan fingerprint density at radius 3 is 2.88 bits per heavy atom. The fourth-order valence-corrected chi connectivity index (χ4v) is 0.826. The van der Waals surface area contributed by atoms with Crippen LogP contribution in [0.3, 0.4) is 0 Å². The molecule has 0 aromatic heterocycles. The zero-order valence-corrected chi connectivity index (χ0v) is 6.06. The number of alkyl halides is 1. The van der Waals surface area contributed by atoms with Gasteiger partial charge in [-0.05, 0) is 4.91 Å². The summed E-state index contributed by atoms with van der Waals surface area (Å²) in [6, 6.07) is 0. The van der Waals surface area contributed by atoms with E-state index in [1.807, 2.05) is 0 Å². The lowest BCUT2D eigenvalue weighted by molar-refractivity contribution is 1.55. The molecule has 0 bridgehead atoms. The maximum absolute atomic E-state index is 6.64. The normalized spacial score (nSPS) is 8.62. The van der Waals surface area contributed by atoms with Crippen LogP contribution in [0.15, 0.2) is 11.5 Å². The molecule has 0 aliphatic carbocycles. The van der Waals surface area contributed by atoms with Crippen LogP contribution in [0.5, 0.6) is 0 Å². The van der Waals surface area contributed by atoms with Gasteiger partial charge in [0, 0.05) is 12.0 Å². The smallest absolute Gasteiger partial charge is 0.0528 e. The highest BCUT2D eigenvalue weighted by Gasteiger charge is 1.87. The maximum atomic E-state index is 6.64. The van der Waals surface area contributed by atoms with Crippen molar-refractivity contribution in [1.82, 2.24) is 0 Å². The van der Waals surface area contributed by atoms with Gasteiger partial charge in [-0.3, -0.25) is 0 Å². The van der Waals surface area contributed by atoms with Gasteiger partial charge in [0.1, 0.15) is 0 Å². The second-order valence-corrected chi connectivity index (χ2v) is 2.65. The van der Waals surface area contributed by atoms with E-state index in [0.717, 1.165) is 4.91 Å². The molecule has 0 rings (SSSR count). The molecule has 0 fully saturated rings. The van der Waals surface area contributed by atoms with Crippen LogP contribution in [0, 0.1) is 5.41 Å². The summed E-state index contributed by atoms with van der Waals surface area (Å²) in [6.07, 6.45) is 1.34. The highest BCUT2D eigenvalue weighted by molar-refractivity contribution is 8.03. The number of thioether (sulfide) groups is 1. The standard InChI is InChI=1S/C5H8ClNS/c1-5(4-6)8-3-2-7/h2,7H,1,3-4H2. The Labute approximate surface area is 58.6 Å². The van der Waals surface area contributed by atoms with Crippen LogP contribution in [0.25, 0.3) is 0 Å². The molecule has 8 heavy (non-hydrogen) atoms. The molecule has 1 N–H and O–H groups in total. The van der Waals surface area contributed by atoms with Crippen LogP contribution < -0.4 is 0 Å². The summed E-state index contributed by atoms with van der Waals surface area (Å²) >= 11 is 6.90. The first-order valence-electron chi connectivity index (χ1n) is 2.16. The number of nitrogens with one attached hydrogen (secondary N) is 1. The summed E-state index contributed by atoms with van der Waals surface area (Å²) in [5.41, 5.74) is 0. The fraction of sp³-hybridized carbons (Fsp3) is 0.400. The lowest BCUT2D eigenvalue weighted by Crippen LogP contribution is -1.79. The first kappa shape index (κ1) is 8.05. The summed E-state index contributed by atoms with van der Waals surface area (Å²) in [5, 5.41) is 6.64. The zero-order valence-electron chi connectivity index (χ0n) is 4.48. The van der Waals surface area contributed by atoms with Gasteiger partial charge < -0.3 is 5.41 Å². The Kier molecular flexibility index (Phi) is 5.22. The van der Waals surface area contributed by atoms with Gasteiger partial charge >= 0.3 is 0 Å². The molecule has 46 valence electrons. The molecule has 0 aromatic rings. The van der Waals surface area contributed by atoms with Gasteiger partial charge in [0.05, 0.1) is 5.88 Å². The summed E-state index contributed by atoms with van der Waals surface area (Å²) in [6.45, 7) is 3.64. The molecule has 0 aromatic carbocycles. The molecule has 0 radical (unpaired) electrons. The zero-order chi connectivity index (χ0) is 6.41. The third kappa shape index (κ3) is 4.22. The molecular weight excluding hydrogens is 142 g/mol. The number of allylic oxidation sites excluding steroid dienone is 1. The van der Waals surface area contributed by atoms with Crippen LogP contribution in [0.4, 0.5) is 0 Å². The first-order valence-corrected chi connectivity index (χ1v) is 3.68. The molecule has 0 unspecified atom stereocenters. The van der Waals surface area contributed by atoms with E-state index in [1.165, 1.54) is 18.0 Å². The van der Waals surface area contributed by atoms with Gasteiger partial charge in [-0.2, -0.15) is 0 Å². The number of hydrogen-bond acceptors (Lipinski definition) is 2. The molecule has 1 nitrogen and oxygen atoms in total. The SMILES string of the molecule is C=C(CCl)SCC=N. The van der Waals surface area contributed by atoms with Crippen LogP contribution >= 0.6 is 23.4 Å². The molecule has 0 saturated carbocycles. The van der Waals surface area contributed by atoms with E-state index in [-0.39, 0.29) is 0 Å². The fourth-order valence-electron chi connectivity index (χ4n) is 0.198. The summed E-state index contributed by atoms with van der Waals surface area (Å²) in [5.74, 6) is 1.17. The van der Waals surface area contributed by atoms with Crippen molar-refractivity contribution >= 4 is 29.6 Å². The van der Waals surface area contributed by atoms with E-state index in [0.29, 0.717) is 11.6 Å². The van der Waals surface area contributed by atoms with Crippen molar-refractivity contribution in [1.29, 1.82) is 5.41 Å². The van der Waals surface area contributed by atoms with Crippen molar-refractivity contribution < 1.29 is 0 Å². The van der Waals surface area contributed by atoms with E-state index in [2.05, 4.69) is 6.58 Å². The molecule has 0 atom stereocenters. The van der Waals surface area contributed by atoms with Gasteiger partial charge in [0.25, 0.3) is 0 Å². The van der Waals surface area contributed by atoms with E-state index in [4.69, 9.17) is 17.0 Å². The Bertz CT molecular complexity index is 92.4. The van der Waals surface area contributed by atoms with E-state index >= 15 is 0 Å². The van der Waals surface area contributed by atoms with Crippen molar-refractivity contribution in [2.45, 2.75) is 0 Å². The second-order valence-electron chi connectivity index (χ2n) is 1.19. The molecule has 0 spiro atoms. The Morgan fingerprint density at radius 1 is 1.88 bits per heavy atom. The third-order valence-corrected chi connectivity index (χ3v) is 1.89. The summed E-state index contributed by atoms with van der Waals surface area (Å²) in [7, 11) is 0. The highest BCUT2D eigenvalue weighted by atomic mass is 35.5. The third-order valence-electron chi connectivity index (χ3n) is 0.520. The van der Waals surface area contributed by atoms with Gasteiger partial charge in [-0.25, -0.2) is 0 Å². The van der Waals surface area contributed by atoms with Gasteiger partial charge in [-0.1, -0.05) is 6.58 Å². The molecule has 0 amide bonds. The highest BCUT2D eigenvalue weighted by Crippen LogP contribution is 2.12. The van der Waals surface area contributed by atoms with Crippen molar-refractivity contribution in [3.63, 3.8) is 0 Å². The van der Waals surface area contributed by atoms with Crippen molar-refractivity contribution in [2.24, 2.45) is 0 Å². The van der Waals surface area contributed by atoms with Crippen LogP contribution in [0.2, 0.25) is 0 Å². The predicted octanol–water partition coefficient (Wildman–Crippen LogP) is 2.12. The number of halogens is 1. The van der Waals surface area contributed by atoms with Gasteiger partial charge in [0.2, 0.25) is 0 Å². The minimum absolute atomic E-state index is 0.485. The maximum Gasteiger partial charge on any atom is 0.0528 e. The molecule has 0 heterocycles. The Balaban J connectivity index is 3.11.